The molecule has 0 fully saturated rings. The molecule has 0 bridgehead atoms. The van der Waals surface area contributed by atoms with Crippen molar-refractivity contribution in [3.05, 3.63) is 34.3 Å². The molecule has 0 saturated carbocycles. The lowest BCUT2D eigenvalue weighted by atomic mass is 10.1. The van der Waals surface area contributed by atoms with Crippen LogP contribution in [0.1, 0.15) is 24.2 Å². The fourth-order valence-electron chi connectivity index (χ4n) is 0.993. The Hall–Kier alpha value is -0.600. The lowest BCUT2D eigenvalue weighted by Gasteiger charge is -2.07. The summed E-state index contributed by atoms with van der Waals surface area (Å²) in [5.74, 6) is 0. The highest BCUT2D eigenvalue weighted by atomic mass is 35.5. The fraction of sp³-hybridized carbons (Fsp3) is 0.333. The highest BCUT2D eigenvalue weighted by Crippen LogP contribution is 2.23. The number of aliphatic hydroxyl groups excluding tert-OH is 1. The molecule has 1 aromatic rings. The monoisotopic (exact) mass is 188 g/mol. The van der Waals surface area contributed by atoms with Crippen molar-refractivity contribution in [2.45, 2.75) is 19.7 Å². The maximum atomic E-state index is 12.1. The largest absolute Gasteiger partial charge is 0.389 e. The summed E-state index contributed by atoms with van der Waals surface area (Å²) in [6.07, 6.45) is -0.605. The highest BCUT2D eigenvalue weighted by Gasteiger charge is 2.06. The predicted octanol–water partition coefficient (Wildman–Crippen LogP) is 2.86. The maximum absolute atomic E-state index is 12.1. The zero-order valence-electron chi connectivity index (χ0n) is 6.72. The number of halogens is 2. The molecule has 0 aromatic heterocycles. The average molecular weight is 189 g/mol. The van der Waals surface area contributed by atoms with Gasteiger partial charge in [-0.25, -0.2) is 4.39 Å². The van der Waals surface area contributed by atoms with Crippen LogP contribution in [-0.2, 0) is 6.67 Å². The third kappa shape index (κ3) is 1.96. The lowest BCUT2D eigenvalue weighted by Crippen LogP contribution is -1.92. The van der Waals surface area contributed by atoms with Crippen molar-refractivity contribution in [1.82, 2.24) is 0 Å². The van der Waals surface area contributed by atoms with E-state index in [0.717, 1.165) is 0 Å². The van der Waals surface area contributed by atoms with Crippen LogP contribution in [0.3, 0.4) is 0 Å². The summed E-state index contributed by atoms with van der Waals surface area (Å²) in [6, 6.07) is 4.79. The van der Waals surface area contributed by atoms with Crippen LogP contribution in [0.25, 0.3) is 0 Å². The van der Waals surface area contributed by atoms with E-state index in [1.165, 1.54) is 6.07 Å². The van der Waals surface area contributed by atoms with Crippen LogP contribution in [-0.4, -0.2) is 5.11 Å². The molecular weight excluding hydrogens is 179 g/mol. The fourth-order valence-corrected chi connectivity index (χ4v) is 1.35. The molecule has 1 unspecified atom stereocenters. The van der Waals surface area contributed by atoms with Crippen LogP contribution in [0.4, 0.5) is 4.39 Å². The molecule has 0 aliphatic carbocycles. The van der Waals surface area contributed by atoms with Crippen molar-refractivity contribution >= 4 is 11.6 Å². The van der Waals surface area contributed by atoms with Crippen molar-refractivity contribution in [3.63, 3.8) is 0 Å². The van der Waals surface area contributed by atoms with Crippen LogP contribution in [0.5, 0.6) is 0 Å². The third-order valence-corrected chi connectivity index (χ3v) is 2.00. The van der Waals surface area contributed by atoms with Gasteiger partial charge in [0.2, 0.25) is 0 Å². The van der Waals surface area contributed by atoms with Crippen molar-refractivity contribution < 1.29 is 9.50 Å². The minimum absolute atomic E-state index is 0.417. The molecule has 0 spiro atoms. The number of aliphatic hydroxyl groups is 1. The van der Waals surface area contributed by atoms with Crippen LogP contribution in [0, 0.1) is 0 Å². The Labute approximate surface area is 75.8 Å². The first kappa shape index (κ1) is 9.49. The molecule has 0 radical (unpaired) electrons. The SMILES string of the molecule is CC(O)c1ccc(CF)cc1Cl. The van der Waals surface area contributed by atoms with Crippen molar-refractivity contribution in [3.8, 4) is 0 Å². The van der Waals surface area contributed by atoms with Gasteiger partial charge >= 0.3 is 0 Å². The van der Waals surface area contributed by atoms with Gasteiger partial charge in [-0.2, -0.15) is 0 Å². The van der Waals surface area contributed by atoms with Gasteiger partial charge in [0, 0.05) is 5.02 Å². The second-order valence-corrected chi connectivity index (χ2v) is 3.07. The van der Waals surface area contributed by atoms with E-state index >= 15 is 0 Å². The van der Waals surface area contributed by atoms with Crippen LogP contribution in [0.15, 0.2) is 18.2 Å². The van der Waals surface area contributed by atoms with E-state index in [9.17, 15) is 9.50 Å². The van der Waals surface area contributed by atoms with E-state index in [1.54, 1.807) is 19.1 Å². The standard InChI is InChI=1S/C9H10ClFO/c1-6(12)8-3-2-7(5-11)4-9(8)10/h2-4,6,12H,5H2,1H3. The normalized spacial score (nSPS) is 13.0. The summed E-state index contributed by atoms with van der Waals surface area (Å²) < 4.78 is 12.1. The summed E-state index contributed by atoms with van der Waals surface area (Å²) in [6.45, 7) is 1.09. The van der Waals surface area contributed by atoms with E-state index < -0.39 is 12.8 Å². The van der Waals surface area contributed by atoms with Gasteiger partial charge in [-0.3, -0.25) is 0 Å². The van der Waals surface area contributed by atoms with Gasteiger partial charge in [0.15, 0.2) is 0 Å². The second kappa shape index (κ2) is 3.87. The Morgan fingerprint density at radius 1 is 1.58 bits per heavy atom. The lowest BCUT2D eigenvalue weighted by molar-refractivity contribution is 0.199. The molecule has 0 amide bonds. The maximum Gasteiger partial charge on any atom is 0.115 e. The molecule has 1 atom stereocenters. The predicted molar refractivity (Wildman–Crippen MR) is 46.9 cm³/mol. The molecule has 3 heteroatoms. The third-order valence-electron chi connectivity index (χ3n) is 1.67. The first-order valence-corrected chi connectivity index (χ1v) is 4.05. The molecule has 66 valence electrons. The van der Waals surface area contributed by atoms with E-state index in [2.05, 4.69) is 0 Å². The topological polar surface area (TPSA) is 20.2 Å². The summed E-state index contributed by atoms with van der Waals surface area (Å²) in [7, 11) is 0. The van der Waals surface area contributed by atoms with Gasteiger partial charge in [0.1, 0.15) is 6.67 Å². The molecule has 0 saturated heterocycles. The number of hydrogen-bond donors (Lipinski definition) is 1. The summed E-state index contributed by atoms with van der Waals surface area (Å²) in [5, 5.41) is 9.61. The Kier molecular flexibility index (Phi) is 3.06. The van der Waals surface area contributed by atoms with Crippen molar-refractivity contribution in [1.29, 1.82) is 0 Å². The Morgan fingerprint density at radius 3 is 2.67 bits per heavy atom. The van der Waals surface area contributed by atoms with E-state index in [1.807, 2.05) is 0 Å². The Bertz CT molecular complexity index is 273. The molecule has 0 heterocycles. The quantitative estimate of drug-likeness (QED) is 0.757. The minimum Gasteiger partial charge on any atom is -0.389 e. The molecule has 0 aliphatic heterocycles. The van der Waals surface area contributed by atoms with Crippen LogP contribution >= 0.6 is 11.6 Å². The Morgan fingerprint density at radius 2 is 2.25 bits per heavy atom. The molecular formula is C9H10ClFO. The summed E-state index contributed by atoms with van der Waals surface area (Å²) in [5.41, 5.74) is 1.17. The van der Waals surface area contributed by atoms with E-state index in [-0.39, 0.29) is 0 Å². The molecule has 1 rings (SSSR count). The summed E-state index contributed by atoms with van der Waals surface area (Å²) in [4.78, 5) is 0. The van der Waals surface area contributed by atoms with Crippen molar-refractivity contribution in [2.24, 2.45) is 0 Å². The highest BCUT2D eigenvalue weighted by molar-refractivity contribution is 6.31. The van der Waals surface area contributed by atoms with Gasteiger partial charge in [0.25, 0.3) is 0 Å². The van der Waals surface area contributed by atoms with E-state index in [0.29, 0.717) is 16.1 Å². The van der Waals surface area contributed by atoms with Gasteiger partial charge in [-0.1, -0.05) is 23.7 Å². The zero-order valence-corrected chi connectivity index (χ0v) is 7.48. The second-order valence-electron chi connectivity index (χ2n) is 2.67. The van der Waals surface area contributed by atoms with Gasteiger partial charge in [0.05, 0.1) is 6.10 Å². The van der Waals surface area contributed by atoms with Gasteiger partial charge in [-0.15, -0.1) is 0 Å². The van der Waals surface area contributed by atoms with Crippen LogP contribution < -0.4 is 0 Å². The number of rotatable bonds is 2. The average Bonchev–Trinajstić information content (AvgIpc) is 2.03. The van der Waals surface area contributed by atoms with Gasteiger partial charge in [-0.05, 0) is 24.1 Å². The molecule has 1 nitrogen and oxygen atoms in total. The van der Waals surface area contributed by atoms with E-state index in [4.69, 9.17) is 11.6 Å². The Balaban J connectivity index is 3.03. The van der Waals surface area contributed by atoms with Crippen molar-refractivity contribution in [2.75, 3.05) is 0 Å². The summed E-state index contributed by atoms with van der Waals surface area (Å²) >= 11 is 5.78. The molecule has 1 N–H and O–H groups in total. The van der Waals surface area contributed by atoms with Crippen LogP contribution in [0.2, 0.25) is 5.02 Å². The number of alkyl halides is 1. The zero-order chi connectivity index (χ0) is 9.14. The first-order valence-electron chi connectivity index (χ1n) is 3.67. The molecule has 0 aliphatic rings. The molecule has 12 heavy (non-hydrogen) atoms. The molecule has 1 aromatic carbocycles. The number of benzene rings is 1. The smallest absolute Gasteiger partial charge is 0.115 e. The number of hydrogen-bond acceptors (Lipinski definition) is 1. The van der Waals surface area contributed by atoms with Gasteiger partial charge < -0.3 is 5.11 Å². The first-order chi connectivity index (χ1) is 5.65. The minimum atomic E-state index is -0.605.